The molecule has 0 saturated heterocycles. The van der Waals surface area contributed by atoms with Crippen LogP contribution in [0.4, 0.5) is 0 Å². The van der Waals surface area contributed by atoms with Crippen molar-refractivity contribution < 1.29 is 0 Å². The molecule has 0 nitrogen and oxygen atoms in total. The Morgan fingerprint density at radius 2 is 1.00 bits per heavy atom. The second-order valence-corrected chi connectivity index (χ2v) is 5.63. The Bertz CT molecular complexity index is 190. The monoisotopic (exact) mass is 264 g/mol. The lowest BCUT2D eigenvalue weighted by Crippen LogP contribution is -1.82. The fourth-order valence-corrected chi connectivity index (χ4v) is 2.43. The van der Waals surface area contributed by atoms with E-state index in [-0.39, 0.29) is 0 Å². The van der Waals surface area contributed by atoms with Crippen LogP contribution in [-0.4, -0.2) is 0 Å². The first kappa shape index (κ1) is 18.5. The number of unbranched alkanes of at least 4 members (excludes halogenated alkanes) is 12. The van der Waals surface area contributed by atoms with Gasteiger partial charge < -0.3 is 0 Å². The van der Waals surface area contributed by atoms with Gasteiger partial charge in [0, 0.05) is 0 Å². The minimum atomic E-state index is 1.19. The summed E-state index contributed by atoms with van der Waals surface area (Å²) >= 11 is 0. The molecule has 0 heterocycles. The number of hydrogen-bond acceptors (Lipinski definition) is 0. The van der Waals surface area contributed by atoms with E-state index in [1.807, 2.05) is 6.08 Å². The zero-order valence-corrected chi connectivity index (χ0v) is 13.3. The highest BCUT2D eigenvalue weighted by Crippen LogP contribution is 2.12. The summed E-state index contributed by atoms with van der Waals surface area (Å²) in [5, 5.41) is 0. The van der Waals surface area contributed by atoms with E-state index in [1.54, 1.807) is 0 Å². The molecule has 0 aromatic carbocycles. The zero-order chi connectivity index (χ0) is 14.0. The summed E-state index contributed by atoms with van der Waals surface area (Å²) in [5.41, 5.74) is 0. The molecule has 112 valence electrons. The topological polar surface area (TPSA) is 0 Å². The summed E-state index contributed by atoms with van der Waals surface area (Å²) in [7, 11) is 0. The maximum absolute atomic E-state index is 3.76. The van der Waals surface area contributed by atoms with Gasteiger partial charge in [-0.2, -0.15) is 0 Å². The van der Waals surface area contributed by atoms with E-state index in [9.17, 15) is 0 Å². The highest BCUT2D eigenvalue weighted by Gasteiger charge is 1.92. The van der Waals surface area contributed by atoms with E-state index < -0.39 is 0 Å². The quantitative estimate of drug-likeness (QED) is 0.216. The predicted molar refractivity (Wildman–Crippen MR) is 89.6 cm³/mol. The molecule has 0 atom stereocenters. The van der Waals surface area contributed by atoms with Gasteiger partial charge in [0.25, 0.3) is 0 Å². The van der Waals surface area contributed by atoms with Crippen LogP contribution in [0.2, 0.25) is 0 Å². The standard InChI is InChI=1S/C19H36/c1-3-5-7-9-11-13-15-17-19-18-16-14-12-10-8-6-4-2/h3,6,8H,1,4-5,7,9-19H2,2H3/b8-6+. The summed E-state index contributed by atoms with van der Waals surface area (Å²) in [4.78, 5) is 0. The minimum Gasteiger partial charge on any atom is -0.103 e. The smallest absolute Gasteiger partial charge is 0.0351 e. The first-order valence-electron chi connectivity index (χ1n) is 8.67. The molecule has 0 aromatic heterocycles. The summed E-state index contributed by atoms with van der Waals surface area (Å²) in [5.74, 6) is 0. The molecule has 0 radical (unpaired) electrons. The first-order chi connectivity index (χ1) is 9.41. The molecule has 0 fully saturated rings. The third-order valence-corrected chi connectivity index (χ3v) is 3.68. The van der Waals surface area contributed by atoms with Crippen molar-refractivity contribution in [3.8, 4) is 0 Å². The minimum absolute atomic E-state index is 1.19. The molecule has 0 aliphatic heterocycles. The van der Waals surface area contributed by atoms with Crippen molar-refractivity contribution >= 4 is 0 Å². The van der Waals surface area contributed by atoms with Gasteiger partial charge >= 0.3 is 0 Å². The summed E-state index contributed by atoms with van der Waals surface area (Å²) < 4.78 is 0. The Balaban J connectivity index is 2.95. The van der Waals surface area contributed by atoms with Crippen molar-refractivity contribution in [3.05, 3.63) is 24.8 Å². The van der Waals surface area contributed by atoms with Gasteiger partial charge in [-0.25, -0.2) is 0 Å². The van der Waals surface area contributed by atoms with Crippen molar-refractivity contribution in [1.29, 1.82) is 0 Å². The Morgan fingerprint density at radius 1 is 0.579 bits per heavy atom. The molecule has 0 bridgehead atoms. The molecular weight excluding hydrogens is 228 g/mol. The fourth-order valence-electron chi connectivity index (χ4n) is 2.43. The predicted octanol–water partition coefficient (Wildman–Crippen LogP) is 7.21. The van der Waals surface area contributed by atoms with Crippen molar-refractivity contribution in [2.24, 2.45) is 0 Å². The second kappa shape index (κ2) is 17.5. The third kappa shape index (κ3) is 17.5. The maximum Gasteiger partial charge on any atom is -0.0351 e. The summed E-state index contributed by atoms with van der Waals surface area (Å²) in [6, 6.07) is 0. The van der Waals surface area contributed by atoms with E-state index in [0.717, 1.165) is 0 Å². The van der Waals surface area contributed by atoms with Crippen molar-refractivity contribution in [3.63, 3.8) is 0 Å². The van der Waals surface area contributed by atoms with Crippen LogP contribution < -0.4 is 0 Å². The molecule has 0 aliphatic carbocycles. The van der Waals surface area contributed by atoms with Crippen LogP contribution in [0, 0.1) is 0 Å². The lowest BCUT2D eigenvalue weighted by atomic mass is 10.0. The van der Waals surface area contributed by atoms with Gasteiger partial charge in [0.2, 0.25) is 0 Å². The molecule has 0 N–H and O–H groups in total. The van der Waals surface area contributed by atoms with Gasteiger partial charge in [0.1, 0.15) is 0 Å². The van der Waals surface area contributed by atoms with Crippen molar-refractivity contribution in [2.45, 2.75) is 96.8 Å². The van der Waals surface area contributed by atoms with Crippen LogP contribution in [0.5, 0.6) is 0 Å². The highest BCUT2D eigenvalue weighted by atomic mass is 14.0. The van der Waals surface area contributed by atoms with Gasteiger partial charge in [0.15, 0.2) is 0 Å². The van der Waals surface area contributed by atoms with Crippen LogP contribution in [0.1, 0.15) is 96.8 Å². The largest absolute Gasteiger partial charge is 0.103 e. The van der Waals surface area contributed by atoms with Crippen LogP contribution in [0.15, 0.2) is 24.8 Å². The molecule has 0 unspecified atom stereocenters. The normalized spacial score (nSPS) is 11.2. The molecule has 0 spiro atoms. The highest BCUT2D eigenvalue weighted by molar-refractivity contribution is 4.79. The summed E-state index contributed by atoms with van der Waals surface area (Å²) in [6.45, 7) is 5.96. The molecule has 0 rings (SSSR count). The van der Waals surface area contributed by atoms with E-state index in [1.165, 1.54) is 89.9 Å². The second-order valence-electron chi connectivity index (χ2n) is 5.63. The zero-order valence-electron chi connectivity index (χ0n) is 13.3. The van der Waals surface area contributed by atoms with Crippen LogP contribution in [-0.2, 0) is 0 Å². The van der Waals surface area contributed by atoms with Crippen LogP contribution in [0.25, 0.3) is 0 Å². The third-order valence-electron chi connectivity index (χ3n) is 3.68. The van der Waals surface area contributed by atoms with Crippen LogP contribution in [0.3, 0.4) is 0 Å². The van der Waals surface area contributed by atoms with Crippen molar-refractivity contribution in [1.82, 2.24) is 0 Å². The van der Waals surface area contributed by atoms with E-state index in [4.69, 9.17) is 0 Å². The lowest BCUT2D eigenvalue weighted by molar-refractivity contribution is 0.547. The van der Waals surface area contributed by atoms with Gasteiger partial charge in [0.05, 0.1) is 0 Å². The average molecular weight is 264 g/mol. The van der Waals surface area contributed by atoms with E-state index in [2.05, 4.69) is 25.7 Å². The average Bonchev–Trinajstić information content (AvgIpc) is 2.43. The van der Waals surface area contributed by atoms with Gasteiger partial charge in [-0.15, -0.1) is 6.58 Å². The molecular formula is C19H36. The maximum atomic E-state index is 3.76. The van der Waals surface area contributed by atoms with Crippen LogP contribution >= 0.6 is 0 Å². The number of allylic oxidation sites excluding steroid dienone is 3. The van der Waals surface area contributed by atoms with Gasteiger partial charge in [-0.05, 0) is 32.1 Å². The Kier molecular flexibility index (Phi) is 17.0. The molecule has 0 saturated carbocycles. The summed E-state index contributed by atoms with van der Waals surface area (Å²) in [6.07, 6.45) is 26.0. The Hall–Kier alpha value is -0.520. The van der Waals surface area contributed by atoms with E-state index >= 15 is 0 Å². The molecule has 0 aromatic rings. The first-order valence-corrected chi connectivity index (χ1v) is 8.67. The lowest BCUT2D eigenvalue weighted by Gasteiger charge is -2.02. The number of hydrogen-bond donors (Lipinski definition) is 0. The molecule has 0 heteroatoms. The molecule has 0 amide bonds. The SMILES string of the molecule is C=CCCCCCCCCCCCCC/C=C/CC. The van der Waals surface area contributed by atoms with Gasteiger partial charge in [-0.3, -0.25) is 0 Å². The Morgan fingerprint density at radius 3 is 1.42 bits per heavy atom. The molecule has 0 aliphatic rings. The molecule has 19 heavy (non-hydrogen) atoms. The number of rotatable bonds is 15. The van der Waals surface area contributed by atoms with E-state index in [0.29, 0.717) is 0 Å². The van der Waals surface area contributed by atoms with Crippen molar-refractivity contribution in [2.75, 3.05) is 0 Å². The Labute approximate surface area is 122 Å². The fraction of sp³-hybridized carbons (Fsp3) is 0.789. The van der Waals surface area contributed by atoms with Gasteiger partial charge in [-0.1, -0.05) is 82.9 Å².